The van der Waals surface area contributed by atoms with Crippen LogP contribution in [0, 0.1) is 0 Å². The van der Waals surface area contributed by atoms with Crippen LogP contribution in [0.2, 0.25) is 5.02 Å². The molecule has 0 aliphatic rings. The van der Waals surface area contributed by atoms with E-state index in [-0.39, 0.29) is 28.6 Å². The van der Waals surface area contributed by atoms with Gasteiger partial charge in [-0.1, -0.05) is 23.7 Å². The van der Waals surface area contributed by atoms with Crippen LogP contribution in [0.25, 0.3) is 0 Å². The molecule has 0 fully saturated rings. The Morgan fingerprint density at radius 3 is 2.36 bits per heavy atom. The lowest BCUT2D eigenvalue weighted by atomic mass is 10.3. The fourth-order valence-electron chi connectivity index (χ4n) is 2.63. The quantitative estimate of drug-likeness (QED) is 0.353. The van der Waals surface area contributed by atoms with E-state index in [1.807, 2.05) is 19.1 Å². The molecule has 0 atom stereocenters. The number of hydrogen-bond acceptors (Lipinski definition) is 7. The zero-order chi connectivity index (χ0) is 24.4. The molecule has 0 saturated carbocycles. The zero-order valence-corrected chi connectivity index (χ0v) is 20.2. The number of para-hydroxylation sites is 2. The first-order chi connectivity index (χ1) is 15.6. The van der Waals surface area contributed by atoms with Crippen molar-refractivity contribution in [2.45, 2.75) is 24.7 Å². The third-order valence-electron chi connectivity index (χ3n) is 4.27. The SMILES string of the molecule is CCOc1ccccc1OCCCC(=O)OCC(=O)Nc1ccc(Cl)c(S(=O)(=O)N(C)C)c1. The largest absolute Gasteiger partial charge is 0.490 e. The van der Waals surface area contributed by atoms with Crippen LogP contribution in [0.15, 0.2) is 47.4 Å². The van der Waals surface area contributed by atoms with Gasteiger partial charge in [0.05, 0.1) is 18.2 Å². The van der Waals surface area contributed by atoms with E-state index in [0.29, 0.717) is 24.5 Å². The first-order valence-electron chi connectivity index (χ1n) is 10.2. The summed E-state index contributed by atoms with van der Waals surface area (Å²) in [4.78, 5) is 23.8. The number of benzene rings is 2. The van der Waals surface area contributed by atoms with Crippen LogP contribution in [-0.4, -0.2) is 58.5 Å². The van der Waals surface area contributed by atoms with Crippen molar-refractivity contribution in [3.63, 3.8) is 0 Å². The molecule has 0 aliphatic carbocycles. The van der Waals surface area contributed by atoms with Gasteiger partial charge in [0.1, 0.15) is 4.90 Å². The maximum Gasteiger partial charge on any atom is 0.306 e. The molecule has 0 aromatic heterocycles. The van der Waals surface area contributed by atoms with Gasteiger partial charge in [-0.2, -0.15) is 0 Å². The van der Waals surface area contributed by atoms with Gasteiger partial charge < -0.3 is 19.5 Å². The summed E-state index contributed by atoms with van der Waals surface area (Å²) in [6, 6.07) is 11.3. The van der Waals surface area contributed by atoms with Crippen molar-refractivity contribution in [1.82, 2.24) is 4.31 Å². The Kier molecular flexibility index (Phi) is 9.95. The smallest absolute Gasteiger partial charge is 0.306 e. The number of carbonyl (C=O) groups excluding carboxylic acids is 2. The van der Waals surface area contributed by atoms with E-state index in [1.165, 1.54) is 32.3 Å². The van der Waals surface area contributed by atoms with Gasteiger partial charge in [0.25, 0.3) is 5.91 Å². The molecule has 0 unspecified atom stereocenters. The highest BCUT2D eigenvalue weighted by Crippen LogP contribution is 2.27. The van der Waals surface area contributed by atoms with Crippen molar-refractivity contribution < 1.29 is 32.2 Å². The molecule has 0 radical (unpaired) electrons. The Balaban J connectivity index is 1.78. The number of hydrogen-bond donors (Lipinski definition) is 1. The van der Waals surface area contributed by atoms with E-state index in [9.17, 15) is 18.0 Å². The Morgan fingerprint density at radius 1 is 1.06 bits per heavy atom. The maximum atomic E-state index is 12.3. The second kappa shape index (κ2) is 12.4. The third-order valence-corrected chi connectivity index (χ3v) is 6.57. The molecule has 0 spiro atoms. The molecule has 2 aromatic rings. The highest BCUT2D eigenvalue weighted by Gasteiger charge is 2.21. The molecule has 33 heavy (non-hydrogen) atoms. The van der Waals surface area contributed by atoms with Crippen LogP contribution in [-0.2, 0) is 24.3 Å². The zero-order valence-electron chi connectivity index (χ0n) is 18.7. The van der Waals surface area contributed by atoms with Gasteiger partial charge in [0, 0.05) is 26.2 Å². The van der Waals surface area contributed by atoms with Gasteiger partial charge in [0.15, 0.2) is 18.1 Å². The van der Waals surface area contributed by atoms with Crippen LogP contribution >= 0.6 is 11.6 Å². The summed E-state index contributed by atoms with van der Waals surface area (Å²) in [6.45, 7) is 2.16. The molecule has 0 bridgehead atoms. The lowest BCUT2D eigenvalue weighted by Gasteiger charge is -2.14. The Bertz CT molecular complexity index is 1070. The van der Waals surface area contributed by atoms with Crippen LogP contribution in [0.1, 0.15) is 19.8 Å². The van der Waals surface area contributed by atoms with Crippen molar-refractivity contribution in [2.24, 2.45) is 0 Å². The minimum absolute atomic E-state index is 0.0271. The van der Waals surface area contributed by atoms with Crippen LogP contribution in [0.4, 0.5) is 5.69 Å². The van der Waals surface area contributed by atoms with Gasteiger partial charge in [0.2, 0.25) is 10.0 Å². The Morgan fingerprint density at radius 2 is 1.73 bits per heavy atom. The molecule has 9 nitrogen and oxygen atoms in total. The van der Waals surface area contributed by atoms with Crippen LogP contribution in [0.5, 0.6) is 11.5 Å². The van der Waals surface area contributed by atoms with Gasteiger partial charge in [-0.05, 0) is 43.7 Å². The highest BCUT2D eigenvalue weighted by molar-refractivity contribution is 7.89. The Hall–Kier alpha value is -2.82. The Labute approximate surface area is 198 Å². The van der Waals surface area contributed by atoms with Crippen molar-refractivity contribution in [3.8, 4) is 11.5 Å². The summed E-state index contributed by atoms with van der Waals surface area (Å²) in [7, 11) is -1.04. The normalized spacial score (nSPS) is 11.2. The number of amides is 1. The minimum atomic E-state index is -3.79. The number of rotatable bonds is 12. The number of nitrogens with zero attached hydrogens (tertiary/aromatic N) is 1. The molecular formula is C22H27ClN2O7S. The summed E-state index contributed by atoms with van der Waals surface area (Å²) in [6.07, 6.45) is 0.458. The predicted molar refractivity (Wildman–Crippen MR) is 124 cm³/mol. The molecule has 1 amide bonds. The average Bonchev–Trinajstić information content (AvgIpc) is 2.77. The fourth-order valence-corrected chi connectivity index (χ4v) is 4.03. The molecule has 1 N–H and O–H groups in total. The van der Waals surface area contributed by atoms with E-state index >= 15 is 0 Å². The average molecular weight is 499 g/mol. The molecule has 0 aliphatic heterocycles. The van der Waals surface area contributed by atoms with Crippen molar-refractivity contribution >= 4 is 39.2 Å². The molecule has 0 saturated heterocycles. The summed E-state index contributed by atoms with van der Waals surface area (Å²) in [5.74, 6) is 0.0493. The van der Waals surface area contributed by atoms with Crippen molar-refractivity contribution in [1.29, 1.82) is 0 Å². The molecule has 2 rings (SSSR count). The molecule has 180 valence electrons. The van der Waals surface area contributed by atoms with Crippen molar-refractivity contribution in [3.05, 3.63) is 47.5 Å². The lowest BCUT2D eigenvalue weighted by molar-refractivity contribution is -0.147. The van der Waals surface area contributed by atoms with Crippen molar-refractivity contribution in [2.75, 3.05) is 39.2 Å². The van der Waals surface area contributed by atoms with Crippen LogP contribution < -0.4 is 14.8 Å². The topological polar surface area (TPSA) is 111 Å². The van der Waals surface area contributed by atoms with E-state index < -0.39 is 28.5 Å². The first kappa shape index (κ1) is 26.4. The number of ether oxygens (including phenoxy) is 3. The number of halogens is 1. The molecule has 0 heterocycles. The number of esters is 1. The van der Waals surface area contributed by atoms with Gasteiger partial charge >= 0.3 is 5.97 Å². The van der Waals surface area contributed by atoms with E-state index in [2.05, 4.69) is 5.32 Å². The second-order valence-corrected chi connectivity index (χ2v) is 9.50. The summed E-state index contributed by atoms with van der Waals surface area (Å²) in [5, 5.41) is 2.51. The fraction of sp³-hybridized carbons (Fsp3) is 0.364. The highest BCUT2D eigenvalue weighted by atomic mass is 35.5. The van der Waals surface area contributed by atoms with E-state index in [1.54, 1.807) is 12.1 Å². The number of anilines is 1. The molecule has 2 aromatic carbocycles. The summed E-state index contributed by atoms with van der Waals surface area (Å²) < 4.78 is 41.7. The molecular weight excluding hydrogens is 472 g/mol. The maximum absolute atomic E-state index is 12.3. The van der Waals surface area contributed by atoms with Gasteiger partial charge in [-0.3, -0.25) is 9.59 Å². The number of sulfonamides is 1. The second-order valence-electron chi connectivity index (χ2n) is 6.97. The third kappa shape index (κ3) is 7.92. The standard InChI is InChI=1S/C22H27ClN2O7S/c1-4-30-18-8-5-6-9-19(18)31-13-7-10-22(27)32-15-21(26)24-16-11-12-17(23)20(14-16)33(28,29)25(2)3/h5-6,8-9,11-12,14H,4,7,10,13,15H2,1-3H3,(H,24,26). The van der Waals surface area contributed by atoms with Crippen LogP contribution in [0.3, 0.4) is 0 Å². The summed E-state index contributed by atoms with van der Waals surface area (Å²) >= 11 is 5.98. The minimum Gasteiger partial charge on any atom is -0.490 e. The number of nitrogens with one attached hydrogen (secondary N) is 1. The summed E-state index contributed by atoms with van der Waals surface area (Å²) in [5.41, 5.74) is 0.210. The lowest BCUT2D eigenvalue weighted by Crippen LogP contribution is -2.23. The van der Waals surface area contributed by atoms with E-state index in [0.717, 1.165) is 4.31 Å². The monoisotopic (exact) mass is 498 g/mol. The first-order valence-corrected chi connectivity index (χ1v) is 12.0. The molecule has 11 heteroatoms. The van der Waals surface area contributed by atoms with Gasteiger partial charge in [-0.15, -0.1) is 0 Å². The number of carbonyl (C=O) groups is 2. The van der Waals surface area contributed by atoms with E-state index in [4.69, 9.17) is 25.8 Å². The van der Waals surface area contributed by atoms with Gasteiger partial charge in [-0.25, -0.2) is 12.7 Å². The predicted octanol–water partition coefficient (Wildman–Crippen LogP) is 3.33.